The summed E-state index contributed by atoms with van der Waals surface area (Å²) < 4.78 is 24.9. The van der Waals surface area contributed by atoms with Crippen LogP contribution in [0.1, 0.15) is 41.1 Å². The number of hydrogen-bond donors (Lipinski definition) is 3. The number of anilines is 2. The highest BCUT2D eigenvalue weighted by atomic mass is 32.2. The average molecular weight is 400 g/mol. The first-order valence-corrected chi connectivity index (χ1v) is 11.5. The molecule has 2 saturated carbocycles. The number of amides is 1. The molecule has 6 nitrogen and oxygen atoms in total. The SMILES string of the molecule is CS(=O)(=O)Nc1ccc(NC(=O)c2ccc([C@@H]3C[C@H]3NCC3CC3)cc2)cc1. The van der Waals surface area contributed by atoms with Gasteiger partial charge in [-0.1, -0.05) is 12.1 Å². The van der Waals surface area contributed by atoms with E-state index in [-0.39, 0.29) is 5.91 Å². The van der Waals surface area contributed by atoms with Crippen LogP contribution in [0, 0.1) is 5.92 Å². The molecule has 148 valence electrons. The molecule has 2 aromatic rings. The molecular formula is C21H25N3O3S. The van der Waals surface area contributed by atoms with E-state index in [9.17, 15) is 13.2 Å². The maximum atomic E-state index is 12.4. The van der Waals surface area contributed by atoms with Crippen molar-refractivity contribution < 1.29 is 13.2 Å². The molecule has 7 heteroatoms. The van der Waals surface area contributed by atoms with Crippen LogP contribution in [0.5, 0.6) is 0 Å². The van der Waals surface area contributed by atoms with E-state index in [1.807, 2.05) is 24.3 Å². The minimum Gasteiger partial charge on any atom is -0.322 e. The van der Waals surface area contributed by atoms with Gasteiger partial charge in [-0.25, -0.2) is 8.42 Å². The molecule has 2 atom stereocenters. The summed E-state index contributed by atoms with van der Waals surface area (Å²) in [5, 5.41) is 6.47. The molecule has 2 aliphatic rings. The third kappa shape index (κ3) is 5.11. The summed E-state index contributed by atoms with van der Waals surface area (Å²) >= 11 is 0. The van der Waals surface area contributed by atoms with Gasteiger partial charge in [0.25, 0.3) is 5.91 Å². The third-order valence-corrected chi connectivity index (χ3v) is 5.81. The van der Waals surface area contributed by atoms with Gasteiger partial charge < -0.3 is 10.6 Å². The van der Waals surface area contributed by atoms with Crippen LogP contribution in [0.15, 0.2) is 48.5 Å². The van der Waals surface area contributed by atoms with Crippen molar-refractivity contribution in [3.8, 4) is 0 Å². The summed E-state index contributed by atoms with van der Waals surface area (Å²) in [5.41, 5.74) is 2.95. The maximum absolute atomic E-state index is 12.4. The van der Waals surface area contributed by atoms with Gasteiger partial charge in [-0.2, -0.15) is 0 Å². The van der Waals surface area contributed by atoms with Crippen molar-refractivity contribution in [2.45, 2.75) is 31.2 Å². The van der Waals surface area contributed by atoms with Gasteiger partial charge in [-0.15, -0.1) is 0 Å². The molecule has 0 aliphatic heterocycles. The number of sulfonamides is 1. The molecule has 28 heavy (non-hydrogen) atoms. The fraction of sp³-hybridized carbons (Fsp3) is 0.381. The van der Waals surface area contributed by atoms with Crippen molar-refractivity contribution >= 4 is 27.3 Å². The van der Waals surface area contributed by atoms with Crippen LogP contribution >= 0.6 is 0 Å². The first-order chi connectivity index (χ1) is 13.4. The predicted molar refractivity (Wildman–Crippen MR) is 111 cm³/mol. The van der Waals surface area contributed by atoms with Gasteiger partial charge in [0, 0.05) is 28.9 Å². The lowest BCUT2D eigenvalue weighted by atomic mass is 10.1. The topological polar surface area (TPSA) is 87.3 Å². The highest BCUT2D eigenvalue weighted by molar-refractivity contribution is 7.92. The summed E-state index contributed by atoms with van der Waals surface area (Å²) in [7, 11) is -3.31. The zero-order valence-corrected chi connectivity index (χ0v) is 16.6. The van der Waals surface area contributed by atoms with E-state index in [2.05, 4.69) is 15.4 Å². The minimum atomic E-state index is -3.31. The van der Waals surface area contributed by atoms with Gasteiger partial charge >= 0.3 is 0 Å². The van der Waals surface area contributed by atoms with E-state index < -0.39 is 10.0 Å². The lowest BCUT2D eigenvalue weighted by molar-refractivity contribution is 0.102. The molecule has 2 aromatic carbocycles. The summed E-state index contributed by atoms with van der Waals surface area (Å²) in [4.78, 5) is 12.4. The molecule has 1 amide bonds. The van der Waals surface area contributed by atoms with Crippen LogP contribution in [0.4, 0.5) is 11.4 Å². The van der Waals surface area contributed by atoms with Crippen molar-refractivity contribution in [2.24, 2.45) is 5.92 Å². The molecule has 0 bridgehead atoms. The third-order valence-electron chi connectivity index (χ3n) is 5.20. The van der Waals surface area contributed by atoms with Gasteiger partial charge in [0.2, 0.25) is 10.0 Å². The molecule has 4 rings (SSSR count). The lowest BCUT2D eigenvalue weighted by Gasteiger charge is -2.08. The fourth-order valence-electron chi connectivity index (χ4n) is 3.35. The van der Waals surface area contributed by atoms with Crippen LogP contribution in [-0.2, 0) is 10.0 Å². The second-order valence-electron chi connectivity index (χ2n) is 7.83. The van der Waals surface area contributed by atoms with Crippen LogP contribution in [0.2, 0.25) is 0 Å². The number of rotatable bonds is 8. The first-order valence-electron chi connectivity index (χ1n) is 9.60. The Labute approximate surface area is 165 Å². The monoisotopic (exact) mass is 399 g/mol. The lowest BCUT2D eigenvalue weighted by Crippen LogP contribution is -2.20. The van der Waals surface area contributed by atoms with E-state index in [4.69, 9.17) is 0 Å². The van der Waals surface area contributed by atoms with Crippen molar-refractivity contribution in [3.05, 3.63) is 59.7 Å². The van der Waals surface area contributed by atoms with Crippen molar-refractivity contribution in [1.82, 2.24) is 5.32 Å². The Morgan fingerprint density at radius 3 is 2.25 bits per heavy atom. The molecule has 3 N–H and O–H groups in total. The van der Waals surface area contributed by atoms with E-state index in [0.717, 1.165) is 18.7 Å². The molecule has 0 aromatic heterocycles. The molecular weight excluding hydrogens is 374 g/mol. The fourth-order valence-corrected chi connectivity index (χ4v) is 3.91. The Morgan fingerprint density at radius 1 is 1.00 bits per heavy atom. The van der Waals surface area contributed by atoms with Gasteiger partial charge in [0.15, 0.2) is 0 Å². The number of benzene rings is 2. The van der Waals surface area contributed by atoms with Crippen LogP contribution in [0.25, 0.3) is 0 Å². The highest BCUT2D eigenvalue weighted by Crippen LogP contribution is 2.41. The Hall–Kier alpha value is -2.38. The van der Waals surface area contributed by atoms with E-state index in [0.29, 0.717) is 28.9 Å². The molecule has 0 heterocycles. The van der Waals surface area contributed by atoms with E-state index in [1.54, 1.807) is 24.3 Å². The summed E-state index contributed by atoms with van der Waals surface area (Å²) in [6, 6.07) is 14.9. The zero-order chi connectivity index (χ0) is 19.7. The highest BCUT2D eigenvalue weighted by Gasteiger charge is 2.38. The molecule has 0 spiro atoms. The number of carbonyl (C=O) groups is 1. The van der Waals surface area contributed by atoms with Gasteiger partial charge in [0.05, 0.1) is 6.26 Å². The maximum Gasteiger partial charge on any atom is 0.255 e. The molecule has 0 saturated heterocycles. The van der Waals surface area contributed by atoms with Gasteiger partial charge in [-0.05, 0) is 73.7 Å². The van der Waals surface area contributed by atoms with Crippen molar-refractivity contribution in [1.29, 1.82) is 0 Å². The standard InChI is InChI=1S/C21H25N3O3S/c1-28(26,27)24-18-10-8-17(9-11-18)23-21(25)16-6-4-15(5-7-16)19-12-20(19)22-13-14-2-3-14/h4-11,14,19-20,22,24H,2-3,12-13H2,1H3,(H,23,25)/t19-,20+/m0/s1. The largest absolute Gasteiger partial charge is 0.322 e. The Balaban J connectivity index is 1.31. The first kappa shape index (κ1) is 19.0. The summed E-state index contributed by atoms with van der Waals surface area (Å²) in [5.74, 6) is 1.27. The second kappa shape index (κ2) is 7.56. The smallest absolute Gasteiger partial charge is 0.255 e. The minimum absolute atomic E-state index is 0.186. The normalized spacial score (nSPS) is 21.2. The molecule has 0 unspecified atom stereocenters. The average Bonchev–Trinajstić information content (AvgIpc) is 3.55. The van der Waals surface area contributed by atoms with Crippen LogP contribution < -0.4 is 15.4 Å². The van der Waals surface area contributed by atoms with Crippen LogP contribution in [0.3, 0.4) is 0 Å². The zero-order valence-electron chi connectivity index (χ0n) is 15.8. The Kier molecular flexibility index (Phi) is 5.12. The second-order valence-corrected chi connectivity index (χ2v) is 9.58. The summed E-state index contributed by atoms with van der Waals surface area (Å²) in [6.45, 7) is 1.14. The molecule has 2 aliphatic carbocycles. The van der Waals surface area contributed by atoms with Gasteiger partial charge in [0.1, 0.15) is 0 Å². The Bertz CT molecular complexity index is 951. The quantitative estimate of drug-likeness (QED) is 0.636. The number of hydrogen-bond acceptors (Lipinski definition) is 4. The summed E-state index contributed by atoms with van der Waals surface area (Å²) in [6.07, 6.45) is 5.00. The Morgan fingerprint density at radius 2 is 1.64 bits per heavy atom. The number of carbonyl (C=O) groups excluding carboxylic acids is 1. The number of nitrogens with one attached hydrogen (secondary N) is 3. The predicted octanol–water partition coefficient (Wildman–Crippen LogP) is 3.17. The van der Waals surface area contributed by atoms with Crippen molar-refractivity contribution in [2.75, 3.05) is 22.8 Å². The van der Waals surface area contributed by atoms with Crippen LogP contribution in [-0.4, -0.2) is 33.2 Å². The molecule has 0 radical (unpaired) electrons. The van der Waals surface area contributed by atoms with Gasteiger partial charge in [-0.3, -0.25) is 9.52 Å². The van der Waals surface area contributed by atoms with Crippen molar-refractivity contribution in [3.63, 3.8) is 0 Å². The van der Waals surface area contributed by atoms with E-state index in [1.165, 1.54) is 24.8 Å². The molecule has 2 fully saturated rings. The van der Waals surface area contributed by atoms with E-state index >= 15 is 0 Å².